The maximum Gasteiger partial charge on any atom is 0.330 e. The standard InChI is InChI=1S/C40H49N4O9P/c1-27(2)44(28(3)4)54(51-25-11-23-41)53-36-34(52-38(37(36)49-7)43-24-22-35(45)42-39(43)46)26-50-40(29-12-9-8-10-13-29,30-14-18-32(47-5)19-15-30)31-16-20-33(48-6)21-17-31/h8-10,12-22,24,27-28,34,36-38H,11,25-26H2,1-7H3,(H,42,45,46)/t34-,36-,37-,38-,54?/m1/s1. The molecule has 0 radical (unpaired) electrons. The fourth-order valence-electron chi connectivity index (χ4n) is 6.75. The van der Waals surface area contributed by atoms with E-state index in [2.05, 4.69) is 15.7 Å². The minimum Gasteiger partial charge on any atom is -0.497 e. The van der Waals surface area contributed by atoms with Gasteiger partial charge in [-0.1, -0.05) is 54.6 Å². The van der Waals surface area contributed by atoms with Crippen molar-refractivity contribution in [2.75, 3.05) is 34.5 Å². The predicted octanol–water partition coefficient (Wildman–Crippen LogP) is 6.14. The number of aromatic amines is 1. The molecule has 1 N–H and O–H groups in total. The van der Waals surface area contributed by atoms with Gasteiger partial charge in [-0.2, -0.15) is 5.26 Å². The molecular weight excluding hydrogens is 711 g/mol. The van der Waals surface area contributed by atoms with Crippen LogP contribution in [-0.2, 0) is 28.9 Å². The molecule has 0 amide bonds. The van der Waals surface area contributed by atoms with Gasteiger partial charge >= 0.3 is 5.69 Å². The number of ether oxygens (including phenoxy) is 5. The van der Waals surface area contributed by atoms with Gasteiger partial charge in [0.15, 0.2) is 6.23 Å². The molecule has 3 aromatic carbocycles. The van der Waals surface area contributed by atoms with E-state index in [1.807, 2.05) is 107 Å². The molecule has 0 bridgehead atoms. The lowest BCUT2D eigenvalue weighted by Crippen LogP contribution is -2.43. The lowest BCUT2D eigenvalue weighted by molar-refractivity contribution is -0.0957. The van der Waals surface area contributed by atoms with Crippen molar-refractivity contribution in [1.29, 1.82) is 5.26 Å². The summed E-state index contributed by atoms with van der Waals surface area (Å²) in [5.41, 5.74) is 0.101. The lowest BCUT2D eigenvalue weighted by Gasteiger charge is -2.39. The van der Waals surface area contributed by atoms with Crippen molar-refractivity contribution in [2.24, 2.45) is 0 Å². The van der Waals surface area contributed by atoms with Crippen molar-refractivity contribution in [1.82, 2.24) is 14.2 Å². The first-order valence-electron chi connectivity index (χ1n) is 17.8. The van der Waals surface area contributed by atoms with Crippen LogP contribution in [0, 0.1) is 11.3 Å². The van der Waals surface area contributed by atoms with Gasteiger partial charge in [0, 0.05) is 31.5 Å². The molecule has 4 aromatic rings. The van der Waals surface area contributed by atoms with Gasteiger partial charge in [-0.05, 0) is 68.7 Å². The van der Waals surface area contributed by atoms with E-state index in [1.54, 1.807) is 14.2 Å². The van der Waals surface area contributed by atoms with Crippen LogP contribution in [-0.4, -0.2) is 79.2 Å². The average Bonchev–Trinajstić information content (AvgIpc) is 3.51. The number of rotatable bonds is 18. The highest BCUT2D eigenvalue weighted by molar-refractivity contribution is 7.44. The van der Waals surface area contributed by atoms with E-state index >= 15 is 0 Å². The third-order valence-electron chi connectivity index (χ3n) is 9.19. The fraction of sp³-hybridized carbons (Fsp3) is 0.425. The van der Waals surface area contributed by atoms with E-state index in [9.17, 15) is 14.9 Å². The Balaban J connectivity index is 1.64. The van der Waals surface area contributed by atoms with Gasteiger partial charge in [0.25, 0.3) is 14.1 Å². The molecule has 54 heavy (non-hydrogen) atoms. The second-order valence-corrected chi connectivity index (χ2v) is 14.6. The molecule has 5 rings (SSSR count). The Kier molecular flexibility index (Phi) is 14.2. The fourth-order valence-corrected chi connectivity index (χ4v) is 8.52. The summed E-state index contributed by atoms with van der Waals surface area (Å²) < 4.78 is 47.6. The first-order chi connectivity index (χ1) is 26.1. The molecule has 0 aliphatic carbocycles. The molecule has 1 aliphatic rings. The van der Waals surface area contributed by atoms with Gasteiger partial charge in [-0.3, -0.25) is 14.3 Å². The number of hydrogen-bond acceptors (Lipinski definition) is 11. The monoisotopic (exact) mass is 760 g/mol. The SMILES string of the molecule is COc1ccc(C(OC[C@H]2O[C@@H](n3ccc(=O)[nH]c3=O)[C@H](OC)[C@@H]2OP(OCCC#N)N(C(C)C)C(C)C)(c2ccccc2)c2ccc(OC)cc2)cc1. The van der Waals surface area contributed by atoms with Crippen LogP contribution < -0.4 is 20.7 Å². The first-order valence-corrected chi connectivity index (χ1v) is 18.9. The van der Waals surface area contributed by atoms with E-state index in [0.29, 0.717) is 11.5 Å². The number of nitrogens with one attached hydrogen (secondary N) is 1. The van der Waals surface area contributed by atoms with Crippen LogP contribution in [0.3, 0.4) is 0 Å². The van der Waals surface area contributed by atoms with Gasteiger partial charge in [0.05, 0.1) is 39.9 Å². The van der Waals surface area contributed by atoms with E-state index in [4.69, 9.17) is 32.7 Å². The van der Waals surface area contributed by atoms with Crippen LogP contribution in [0.2, 0.25) is 0 Å². The van der Waals surface area contributed by atoms with E-state index < -0.39 is 49.9 Å². The largest absolute Gasteiger partial charge is 0.497 e. The summed E-state index contributed by atoms with van der Waals surface area (Å²) in [6.45, 7) is 8.30. The van der Waals surface area contributed by atoms with Gasteiger partial charge < -0.3 is 32.7 Å². The van der Waals surface area contributed by atoms with Crippen molar-refractivity contribution < 1.29 is 32.7 Å². The Bertz CT molecular complexity index is 1870. The zero-order valence-corrected chi connectivity index (χ0v) is 32.6. The average molecular weight is 761 g/mol. The summed E-state index contributed by atoms with van der Waals surface area (Å²) in [5.74, 6) is 1.37. The number of H-pyrrole nitrogens is 1. The normalized spacial score (nSPS) is 19.3. The molecule has 1 saturated heterocycles. The highest BCUT2D eigenvalue weighted by Crippen LogP contribution is 2.51. The third-order valence-corrected chi connectivity index (χ3v) is 11.3. The Hall–Kier alpha value is -4.38. The smallest absolute Gasteiger partial charge is 0.330 e. The maximum atomic E-state index is 13.2. The molecule has 0 spiro atoms. The van der Waals surface area contributed by atoms with Gasteiger partial charge in [-0.15, -0.1) is 0 Å². The third kappa shape index (κ3) is 8.94. The summed E-state index contributed by atoms with van der Waals surface area (Å²) in [5, 5.41) is 9.33. The van der Waals surface area contributed by atoms with E-state index in [1.165, 1.54) is 23.9 Å². The van der Waals surface area contributed by atoms with Crippen LogP contribution in [0.4, 0.5) is 0 Å². The van der Waals surface area contributed by atoms with Crippen molar-refractivity contribution in [3.05, 3.63) is 129 Å². The van der Waals surface area contributed by atoms with Crippen LogP contribution >= 0.6 is 8.53 Å². The van der Waals surface area contributed by atoms with Crippen molar-refractivity contribution >= 4 is 8.53 Å². The van der Waals surface area contributed by atoms with Gasteiger partial charge in [0.2, 0.25) is 0 Å². The summed E-state index contributed by atoms with van der Waals surface area (Å²) >= 11 is 0. The number of hydrogen-bond donors (Lipinski definition) is 1. The van der Waals surface area contributed by atoms with Crippen LogP contribution in [0.5, 0.6) is 11.5 Å². The Labute approximate surface area is 317 Å². The molecule has 1 fully saturated rings. The Morgan fingerprint density at radius 2 is 1.43 bits per heavy atom. The highest BCUT2D eigenvalue weighted by atomic mass is 31.2. The second-order valence-electron chi connectivity index (χ2n) is 13.2. The number of nitrogens with zero attached hydrogens (tertiary/aromatic N) is 3. The van der Waals surface area contributed by atoms with Crippen LogP contribution in [0.15, 0.2) is 101 Å². The zero-order chi connectivity index (χ0) is 38.8. The molecule has 14 heteroatoms. The minimum atomic E-state index is -1.77. The highest BCUT2D eigenvalue weighted by Gasteiger charge is 2.51. The topological polar surface area (TPSA) is 147 Å². The molecule has 2 heterocycles. The second kappa shape index (κ2) is 18.8. The maximum absolute atomic E-state index is 13.2. The molecule has 288 valence electrons. The van der Waals surface area contributed by atoms with Gasteiger partial charge in [0.1, 0.15) is 35.4 Å². The van der Waals surface area contributed by atoms with Crippen LogP contribution in [0.1, 0.15) is 57.0 Å². The number of benzene rings is 3. The molecule has 1 aromatic heterocycles. The number of nitriles is 1. The van der Waals surface area contributed by atoms with Crippen molar-refractivity contribution in [2.45, 2.75) is 76.3 Å². The molecule has 1 unspecified atom stereocenters. The summed E-state index contributed by atoms with van der Waals surface area (Å²) in [4.78, 5) is 27.6. The zero-order valence-electron chi connectivity index (χ0n) is 31.7. The van der Waals surface area contributed by atoms with E-state index in [0.717, 1.165) is 16.7 Å². The van der Waals surface area contributed by atoms with Crippen LogP contribution in [0.25, 0.3) is 0 Å². The molecule has 13 nitrogen and oxygen atoms in total. The summed E-state index contributed by atoms with van der Waals surface area (Å²) in [6, 6.07) is 28.7. The summed E-state index contributed by atoms with van der Waals surface area (Å²) in [7, 11) is 2.98. The number of methoxy groups -OCH3 is 3. The molecule has 5 atom stereocenters. The van der Waals surface area contributed by atoms with E-state index in [-0.39, 0.29) is 31.7 Å². The Morgan fingerprint density at radius 3 is 1.93 bits per heavy atom. The summed E-state index contributed by atoms with van der Waals surface area (Å²) in [6.07, 6.45) is -1.97. The number of aromatic nitrogens is 2. The van der Waals surface area contributed by atoms with Crippen molar-refractivity contribution in [3.8, 4) is 17.6 Å². The van der Waals surface area contributed by atoms with Crippen molar-refractivity contribution in [3.63, 3.8) is 0 Å². The molecule has 0 saturated carbocycles. The molecular formula is C40H49N4O9P. The Morgan fingerprint density at radius 1 is 0.852 bits per heavy atom. The first kappa shape index (κ1) is 40.8. The van der Waals surface area contributed by atoms with Gasteiger partial charge in [-0.25, -0.2) is 9.46 Å². The lowest BCUT2D eigenvalue weighted by atomic mass is 9.80. The quantitative estimate of drug-likeness (QED) is 0.0710. The predicted molar refractivity (Wildman–Crippen MR) is 204 cm³/mol. The molecule has 1 aliphatic heterocycles. The minimum absolute atomic E-state index is 0.0182.